The fourth-order valence-electron chi connectivity index (χ4n) is 2.36. The summed E-state index contributed by atoms with van der Waals surface area (Å²) in [5, 5.41) is 9.28. The Kier molecular flexibility index (Phi) is 4.17. The van der Waals surface area contributed by atoms with Crippen molar-refractivity contribution < 1.29 is 9.53 Å². The van der Waals surface area contributed by atoms with Gasteiger partial charge >= 0.3 is 5.97 Å². The lowest BCUT2D eigenvalue weighted by atomic mass is 9.96. The average Bonchev–Trinajstić information content (AvgIpc) is 2.62. The van der Waals surface area contributed by atoms with Crippen LogP contribution in [-0.4, -0.2) is 5.97 Å². The van der Waals surface area contributed by atoms with Gasteiger partial charge in [-0.25, -0.2) is 4.79 Å². The first kappa shape index (κ1) is 14.6. The molecule has 3 rings (SSSR count). The number of nitriles is 1. The van der Waals surface area contributed by atoms with Gasteiger partial charge in [-0.1, -0.05) is 54.6 Å². The Hall–Kier alpha value is -3.38. The average molecular weight is 299 g/mol. The number of esters is 1. The number of nitrogens with zero attached hydrogens (tertiary/aromatic N) is 1. The van der Waals surface area contributed by atoms with Crippen molar-refractivity contribution in [3.05, 3.63) is 90.0 Å². The molecule has 0 aliphatic heterocycles. The lowest BCUT2D eigenvalue weighted by molar-refractivity contribution is 0.0735. The Balaban J connectivity index is 2.02. The van der Waals surface area contributed by atoms with E-state index in [1.807, 2.05) is 30.3 Å². The Labute approximate surface area is 134 Å². The molecule has 0 heterocycles. The molecule has 0 radical (unpaired) electrons. The van der Waals surface area contributed by atoms with E-state index in [9.17, 15) is 10.1 Å². The van der Waals surface area contributed by atoms with Crippen LogP contribution in [-0.2, 0) is 0 Å². The maximum atomic E-state index is 12.5. The second kappa shape index (κ2) is 6.59. The standard InChI is InChI=1S/C20H13NO2/c21-14-15-8-4-5-11-17(15)18-12-6-7-13-19(18)20(22)23-16-9-2-1-3-10-16/h1-13H. The number of para-hydroxylation sites is 1. The molecule has 0 amide bonds. The summed E-state index contributed by atoms with van der Waals surface area (Å²) in [5.41, 5.74) is 2.35. The number of carbonyl (C=O) groups excluding carboxylic acids is 1. The third kappa shape index (κ3) is 3.12. The molecule has 3 heteroatoms. The molecule has 0 aromatic heterocycles. The summed E-state index contributed by atoms with van der Waals surface area (Å²) in [6.45, 7) is 0. The van der Waals surface area contributed by atoms with E-state index < -0.39 is 5.97 Å². The molecule has 0 spiro atoms. The van der Waals surface area contributed by atoms with Crippen molar-refractivity contribution in [2.75, 3.05) is 0 Å². The van der Waals surface area contributed by atoms with Crippen molar-refractivity contribution >= 4 is 5.97 Å². The summed E-state index contributed by atoms with van der Waals surface area (Å²) in [5.74, 6) is 0.0421. The van der Waals surface area contributed by atoms with E-state index >= 15 is 0 Å². The summed E-state index contributed by atoms with van der Waals surface area (Å²) >= 11 is 0. The van der Waals surface area contributed by atoms with Gasteiger partial charge in [-0.05, 0) is 29.8 Å². The van der Waals surface area contributed by atoms with Gasteiger partial charge in [0.05, 0.1) is 17.2 Å². The molecular weight excluding hydrogens is 286 g/mol. The normalized spacial score (nSPS) is 9.87. The fraction of sp³-hybridized carbons (Fsp3) is 0. The Bertz CT molecular complexity index is 879. The number of carbonyl (C=O) groups is 1. The summed E-state index contributed by atoms with van der Waals surface area (Å²) in [7, 11) is 0. The molecule has 3 aromatic rings. The number of hydrogen-bond acceptors (Lipinski definition) is 3. The van der Waals surface area contributed by atoms with Gasteiger partial charge in [-0.15, -0.1) is 0 Å². The minimum atomic E-state index is -0.445. The third-order valence-corrected chi connectivity index (χ3v) is 3.44. The fourth-order valence-corrected chi connectivity index (χ4v) is 2.36. The van der Waals surface area contributed by atoms with Gasteiger partial charge < -0.3 is 4.74 Å². The molecule has 0 atom stereocenters. The molecular formula is C20H13NO2. The molecule has 0 fully saturated rings. The van der Waals surface area contributed by atoms with Crippen LogP contribution in [0.5, 0.6) is 5.75 Å². The second-order valence-corrected chi connectivity index (χ2v) is 4.91. The molecule has 0 N–H and O–H groups in total. The van der Waals surface area contributed by atoms with E-state index in [1.54, 1.807) is 48.5 Å². The zero-order chi connectivity index (χ0) is 16.1. The number of rotatable bonds is 3. The van der Waals surface area contributed by atoms with Crippen molar-refractivity contribution in [2.45, 2.75) is 0 Å². The van der Waals surface area contributed by atoms with Crippen LogP contribution < -0.4 is 4.74 Å². The maximum Gasteiger partial charge on any atom is 0.344 e. The van der Waals surface area contributed by atoms with Crippen molar-refractivity contribution in [2.24, 2.45) is 0 Å². The van der Waals surface area contributed by atoms with Crippen molar-refractivity contribution in [3.63, 3.8) is 0 Å². The molecule has 0 aliphatic carbocycles. The van der Waals surface area contributed by atoms with Gasteiger partial charge in [0.2, 0.25) is 0 Å². The van der Waals surface area contributed by atoms with E-state index in [0.717, 1.165) is 5.56 Å². The Morgan fingerprint density at radius 2 is 1.39 bits per heavy atom. The maximum absolute atomic E-state index is 12.5. The highest BCUT2D eigenvalue weighted by molar-refractivity contribution is 5.99. The van der Waals surface area contributed by atoms with Crippen LogP contribution in [0.15, 0.2) is 78.9 Å². The molecule has 0 unspecified atom stereocenters. The summed E-state index contributed by atoms with van der Waals surface area (Å²) in [4.78, 5) is 12.5. The third-order valence-electron chi connectivity index (χ3n) is 3.44. The van der Waals surface area contributed by atoms with Crippen molar-refractivity contribution in [1.29, 1.82) is 5.26 Å². The zero-order valence-corrected chi connectivity index (χ0v) is 12.3. The van der Waals surface area contributed by atoms with Gasteiger partial charge in [0.25, 0.3) is 0 Å². The van der Waals surface area contributed by atoms with Crippen LogP contribution >= 0.6 is 0 Å². The number of ether oxygens (including phenoxy) is 1. The monoisotopic (exact) mass is 299 g/mol. The van der Waals surface area contributed by atoms with Crippen LogP contribution in [0.2, 0.25) is 0 Å². The highest BCUT2D eigenvalue weighted by Gasteiger charge is 2.16. The quantitative estimate of drug-likeness (QED) is 0.530. The minimum Gasteiger partial charge on any atom is -0.423 e. The largest absolute Gasteiger partial charge is 0.423 e. The molecule has 3 nitrogen and oxygen atoms in total. The summed E-state index contributed by atoms with van der Waals surface area (Å²) < 4.78 is 5.41. The first-order chi connectivity index (χ1) is 11.3. The lowest BCUT2D eigenvalue weighted by Gasteiger charge is -2.10. The number of benzene rings is 3. The molecule has 0 saturated carbocycles. The minimum absolute atomic E-state index is 0.430. The van der Waals surface area contributed by atoms with Crippen LogP contribution in [0.3, 0.4) is 0 Å². The Morgan fingerprint density at radius 3 is 2.13 bits per heavy atom. The number of hydrogen-bond donors (Lipinski definition) is 0. The van der Waals surface area contributed by atoms with Gasteiger partial charge in [-0.3, -0.25) is 0 Å². The van der Waals surface area contributed by atoms with Crippen LogP contribution in [0.1, 0.15) is 15.9 Å². The van der Waals surface area contributed by atoms with Gasteiger partial charge in [-0.2, -0.15) is 5.26 Å². The topological polar surface area (TPSA) is 50.1 Å². The second-order valence-electron chi connectivity index (χ2n) is 4.91. The molecule has 3 aromatic carbocycles. The molecule has 0 bridgehead atoms. The predicted molar refractivity (Wildman–Crippen MR) is 88.0 cm³/mol. The molecule has 110 valence electrons. The van der Waals surface area contributed by atoms with E-state index in [-0.39, 0.29) is 0 Å². The summed E-state index contributed by atoms with van der Waals surface area (Å²) in [6.07, 6.45) is 0. The van der Waals surface area contributed by atoms with Crippen molar-refractivity contribution in [1.82, 2.24) is 0 Å². The SMILES string of the molecule is N#Cc1ccccc1-c1ccccc1C(=O)Oc1ccccc1. The predicted octanol–water partition coefficient (Wildman–Crippen LogP) is 4.44. The first-order valence-corrected chi connectivity index (χ1v) is 7.15. The molecule has 23 heavy (non-hydrogen) atoms. The van der Waals surface area contributed by atoms with Crippen LogP contribution in [0.4, 0.5) is 0 Å². The highest BCUT2D eigenvalue weighted by Crippen LogP contribution is 2.27. The highest BCUT2D eigenvalue weighted by atomic mass is 16.5. The zero-order valence-electron chi connectivity index (χ0n) is 12.3. The Morgan fingerprint density at radius 1 is 0.783 bits per heavy atom. The van der Waals surface area contributed by atoms with Gasteiger partial charge in [0, 0.05) is 5.56 Å². The van der Waals surface area contributed by atoms with E-state index in [0.29, 0.717) is 22.4 Å². The molecule has 0 saturated heterocycles. The molecule has 0 aliphatic rings. The van der Waals surface area contributed by atoms with E-state index in [2.05, 4.69) is 6.07 Å². The van der Waals surface area contributed by atoms with Gasteiger partial charge in [0.15, 0.2) is 0 Å². The first-order valence-electron chi connectivity index (χ1n) is 7.15. The van der Waals surface area contributed by atoms with Crippen molar-refractivity contribution in [3.8, 4) is 22.9 Å². The van der Waals surface area contributed by atoms with E-state index in [4.69, 9.17) is 4.74 Å². The van der Waals surface area contributed by atoms with E-state index in [1.165, 1.54) is 0 Å². The van der Waals surface area contributed by atoms with Crippen LogP contribution in [0, 0.1) is 11.3 Å². The van der Waals surface area contributed by atoms with Gasteiger partial charge in [0.1, 0.15) is 5.75 Å². The van der Waals surface area contributed by atoms with Crippen LogP contribution in [0.25, 0.3) is 11.1 Å². The smallest absolute Gasteiger partial charge is 0.344 e. The summed E-state index contributed by atoms with van der Waals surface area (Å²) in [6, 6.07) is 25.4. The lowest BCUT2D eigenvalue weighted by Crippen LogP contribution is -2.10.